The van der Waals surface area contributed by atoms with Crippen molar-refractivity contribution in [3.8, 4) is 0 Å². The van der Waals surface area contributed by atoms with E-state index in [4.69, 9.17) is 9.47 Å². The smallest absolute Gasteiger partial charge is 0.351 e. The average Bonchev–Trinajstić information content (AvgIpc) is 2.55. The van der Waals surface area contributed by atoms with Gasteiger partial charge in [-0.3, -0.25) is 4.79 Å². The summed E-state index contributed by atoms with van der Waals surface area (Å²) in [5.41, 5.74) is -3.32. The Labute approximate surface area is 148 Å². The van der Waals surface area contributed by atoms with Crippen LogP contribution in [-0.2, 0) is 23.9 Å². The average molecular weight is 350 g/mol. The predicted octanol–water partition coefficient (Wildman–Crippen LogP) is 2.24. The van der Waals surface area contributed by atoms with E-state index in [2.05, 4.69) is 0 Å². The van der Waals surface area contributed by atoms with E-state index in [-0.39, 0.29) is 13.2 Å². The molecule has 0 radical (unpaired) electrons. The van der Waals surface area contributed by atoms with Gasteiger partial charge < -0.3 is 14.6 Å². The number of hydrogen-bond donors (Lipinski definition) is 1. The summed E-state index contributed by atoms with van der Waals surface area (Å²) in [7, 11) is 0. The number of carbonyl (C=O) groups excluding carboxylic acids is 3. The van der Waals surface area contributed by atoms with Crippen LogP contribution in [0.4, 0.5) is 0 Å². The van der Waals surface area contributed by atoms with Crippen LogP contribution in [0.15, 0.2) is 30.3 Å². The maximum atomic E-state index is 13.1. The van der Waals surface area contributed by atoms with Gasteiger partial charge in [0.1, 0.15) is 5.78 Å². The molecule has 0 aliphatic rings. The Morgan fingerprint density at radius 3 is 1.76 bits per heavy atom. The second-order valence-electron chi connectivity index (χ2n) is 6.67. The molecular formula is C19H26O6. The molecule has 0 saturated heterocycles. The molecule has 138 valence electrons. The molecule has 1 unspecified atom stereocenters. The highest BCUT2D eigenvalue weighted by Gasteiger charge is 2.58. The lowest BCUT2D eigenvalue weighted by molar-refractivity contribution is -0.188. The summed E-state index contributed by atoms with van der Waals surface area (Å²) in [6.07, 6.45) is 0. The van der Waals surface area contributed by atoms with Crippen LogP contribution in [0.25, 0.3) is 0 Å². The largest absolute Gasteiger partial charge is 0.463 e. The molecule has 1 aromatic rings. The molecule has 0 spiro atoms. The van der Waals surface area contributed by atoms with E-state index in [1.807, 2.05) is 0 Å². The minimum absolute atomic E-state index is 0.0498. The summed E-state index contributed by atoms with van der Waals surface area (Å²) in [5, 5.41) is 11.1. The van der Waals surface area contributed by atoms with Crippen LogP contribution in [0.5, 0.6) is 0 Å². The van der Waals surface area contributed by atoms with E-state index >= 15 is 0 Å². The quantitative estimate of drug-likeness (QED) is 0.599. The summed E-state index contributed by atoms with van der Waals surface area (Å²) < 4.78 is 9.80. The van der Waals surface area contributed by atoms with Crippen LogP contribution in [-0.4, -0.2) is 41.6 Å². The minimum Gasteiger partial charge on any atom is -0.463 e. The van der Waals surface area contributed by atoms with Crippen molar-refractivity contribution in [2.24, 2.45) is 5.41 Å². The first-order valence-electron chi connectivity index (χ1n) is 8.26. The highest BCUT2D eigenvalue weighted by Crippen LogP contribution is 2.37. The molecule has 0 heterocycles. The highest BCUT2D eigenvalue weighted by molar-refractivity contribution is 6.11. The molecular weight excluding hydrogens is 324 g/mol. The van der Waals surface area contributed by atoms with Gasteiger partial charge in [-0.2, -0.15) is 0 Å². The molecule has 1 atom stereocenters. The molecule has 0 fully saturated rings. The van der Waals surface area contributed by atoms with Crippen LogP contribution in [0.3, 0.4) is 0 Å². The van der Waals surface area contributed by atoms with Crippen LogP contribution in [0, 0.1) is 5.41 Å². The van der Waals surface area contributed by atoms with Gasteiger partial charge >= 0.3 is 11.9 Å². The summed E-state index contributed by atoms with van der Waals surface area (Å²) in [6, 6.07) is 8.22. The fraction of sp³-hybridized carbons (Fsp3) is 0.526. The standard InChI is InChI=1S/C19H26O6/c1-6-24-16(21)19(23,17(22)25-7-2)14(15(20)18(3,4)5)13-11-9-8-10-12-13/h8-12,14,23H,6-7H2,1-5H3. The van der Waals surface area contributed by atoms with E-state index in [1.165, 1.54) is 0 Å². The Hall–Kier alpha value is -2.21. The third-order valence-electron chi connectivity index (χ3n) is 3.73. The van der Waals surface area contributed by atoms with E-state index in [1.54, 1.807) is 65.0 Å². The second-order valence-corrected chi connectivity index (χ2v) is 6.67. The molecule has 0 saturated carbocycles. The number of benzene rings is 1. The molecule has 0 amide bonds. The van der Waals surface area contributed by atoms with Crippen molar-refractivity contribution < 1.29 is 29.0 Å². The molecule has 1 N–H and O–H groups in total. The Morgan fingerprint density at radius 1 is 0.960 bits per heavy atom. The van der Waals surface area contributed by atoms with Crippen LogP contribution < -0.4 is 0 Å². The summed E-state index contributed by atoms with van der Waals surface area (Å²) in [5.74, 6) is -4.30. The Bertz CT molecular complexity index is 597. The van der Waals surface area contributed by atoms with Crippen molar-refractivity contribution in [3.63, 3.8) is 0 Å². The van der Waals surface area contributed by atoms with Gasteiger partial charge in [-0.05, 0) is 19.4 Å². The summed E-state index contributed by atoms with van der Waals surface area (Å²) >= 11 is 0. The third kappa shape index (κ3) is 4.45. The van der Waals surface area contributed by atoms with Gasteiger partial charge in [0.15, 0.2) is 0 Å². The van der Waals surface area contributed by atoms with Gasteiger partial charge in [-0.25, -0.2) is 9.59 Å². The first-order chi connectivity index (χ1) is 11.6. The van der Waals surface area contributed by atoms with Crippen molar-refractivity contribution in [3.05, 3.63) is 35.9 Å². The maximum absolute atomic E-state index is 13.1. The van der Waals surface area contributed by atoms with Gasteiger partial charge in [0.2, 0.25) is 0 Å². The van der Waals surface area contributed by atoms with Gasteiger partial charge in [0.05, 0.1) is 19.1 Å². The predicted molar refractivity (Wildman–Crippen MR) is 91.9 cm³/mol. The third-order valence-corrected chi connectivity index (χ3v) is 3.73. The van der Waals surface area contributed by atoms with E-state index in [0.717, 1.165) is 0 Å². The second kappa shape index (κ2) is 8.25. The Balaban J connectivity index is 3.61. The van der Waals surface area contributed by atoms with Gasteiger partial charge in [0.25, 0.3) is 5.60 Å². The topological polar surface area (TPSA) is 89.9 Å². The normalized spacial score (nSPS) is 13.0. The first-order valence-corrected chi connectivity index (χ1v) is 8.26. The lowest BCUT2D eigenvalue weighted by Gasteiger charge is -2.34. The van der Waals surface area contributed by atoms with Crippen molar-refractivity contribution >= 4 is 17.7 Å². The molecule has 0 aliphatic heterocycles. The van der Waals surface area contributed by atoms with Crippen LogP contribution in [0.2, 0.25) is 0 Å². The number of ketones is 1. The molecule has 0 bridgehead atoms. The maximum Gasteiger partial charge on any atom is 0.351 e. The number of hydrogen-bond acceptors (Lipinski definition) is 6. The van der Waals surface area contributed by atoms with Crippen molar-refractivity contribution in [1.29, 1.82) is 0 Å². The number of aliphatic hydroxyl groups is 1. The highest BCUT2D eigenvalue weighted by atomic mass is 16.6. The zero-order valence-corrected chi connectivity index (χ0v) is 15.4. The Morgan fingerprint density at radius 2 is 1.40 bits per heavy atom. The zero-order valence-electron chi connectivity index (χ0n) is 15.4. The van der Waals surface area contributed by atoms with E-state index in [9.17, 15) is 19.5 Å². The Kier molecular flexibility index (Phi) is 6.87. The van der Waals surface area contributed by atoms with E-state index < -0.39 is 34.7 Å². The zero-order chi connectivity index (χ0) is 19.3. The molecule has 0 aromatic heterocycles. The van der Waals surface area contributed by atoms with Gasteiger partial charge in [-0.1, -0.05) is 51.1 Å². The molecule has 25 heavy (non-hydrogen) atoms. The monoisotopic (exact) mass is 350 g/mol. The molecule has 0 aliphatic carbocycles. The fourth-order valence-electron chi connectivity index (χ4n) is 2.46. The number of ether oxygens (including phenoxy) is 2. The first kappa shape index (κ1) is 20.8. The minimum atomic E-state index is -2.75. The van der Waals surface area contributed by atoms with Gasteiger partial charge in [-0.15, -0.1) is 0 Å². The van der Waals surface area contributed by atoms with Crippen LogP contribution >= 0.6 is 0 Å². The summed E-state index contributed by atoms with van der Waals surface area (Å²) in [4.78, 5) is 38.1. The van der Waals surface area contributed by atoms with Gasteiger partial charge in [0, 0.05) is 5.41 Å². The lowest BCUT2D eigenvalue weighted by atomic mass is 9.71. The molecule has 6 nitrogen and oxygen atoms in total. The van der Waals surface area contributed by atoms with Crippen molar-refractivity contribution in [1.82, 2.24) is 0 Å². The number of Topliss-reactive ketones (excluding diaryl/α,β-unsaturated/α-hetero) is 1. The molecule has 1 aromatic carbocycles. The summed E-state index contributed by atoms with van der Waals surface area (Å²) in [6.45, 7) is 7.96. The fourth-order valence-corrected chi connectivity index (χ4v) is 2.46. The molecule has 1 rings (SSSR count). The van der Waals surface area contributed by atoms with E-state index in [0.29, 0.717) is 5.56 Å². The SMILES string of the molecule is CCOC(=O)C(O)(C(=O)OCC)C(C(=O)C(C)(C)C)c1ccccc1. The lowest BCUT2D eigenvalue weighted by Crippen LogP contribution is -2.57. The number of rotatable bonds is 7. The number of esters is 2. The van der Waals surface area contributed by atoms with Crippen molar-refractivity contribution in [2.75, 3.05) is 13.2 Å². The number of carbonyl (C=O) groups is 3. The van der Waals surface area contributed by atoms with Crippen molar-refractivity contribution in [2.45, 2.75) is 46.1 Å². The molecule has 6 heteroatoms. The van der Waals surface area contributed by atoms with Crippen LogP contribution in [0.1, 0.15) is 46.1 Å².